The van der Waals surface area contributed by atoms with Crippen molar-refractivity contribution >= 4 is 12.4 Å². The van der Waals surface area contributed by atoms with Crippen molar-refractivity contribution in [1.29, 1.82) is 0 Å². The molecule has 0 spiro atoms. The molecule has 0 aromatic carbocycles. The molecule has 1 fully saturated rings. The zero-order valence-corrected chi connectivity index (χ0v) is 4.80. The Morgan fingerprint density at radius 2 is 2.00 bits per heavy atom. The van der Waals surface area contributed by atoms with Gasteiger partial charge in [-0.25, -0.2) is 4.39 Å². The first-order valence-electron chi connectivity index (χ1n) is 2.16. The minimum Gasteiger partial charge on any atom is -0.328 e. The van der Waals surface area contributed by atoms with Gasteiger partial charge in [0.1, 0.15) is 5.67 Å². The molecule has 0 aromatic heterocycles. The first kappa shape index (κ1) is 7.18. The highest BCUT2D eigenvalue weighted by Crippen LogP contribution is 2.37. The smallest absolute Gasteiger partial charge is 0.123 e. The molecule has 0 unspecified atom stereocenters. The number of hydrogen-bond donors (Lipinski definition) is 1. The largest absolute Gasteiger partial charge is 0.328 e. The van der Waals surface area contributed by atoms with E-state index in [4.69, 9.17) is 5.73 Å². The van der Waals surface area contributed by atoms with Crippen LogP contribution in [0.3, 0.4) is 0 Å². The summed E-state index contributed by atoms with van der Waals surface area (Å²) in [5, 5.41) is 0. The van der Waals surface area contributed by atoms with Crippen LogP contribution in [0, 0.1) is 0 Å². The Hall–Kier alpha value is 0.180. The van der Waals surface area contributed by atoms with Crippen LogP contribution in [-0.2, 0) is 0 Å². The number of halogens is 2. The summed E-state index contributed by atoms with van der Waals surface area (Å²) in [6.45, 7) is 0.215. The maximum atomic E-state index is 12.1. The van der Waals surface area contributed by atoms with E-state index in [2.05, 4.69) is 0 Å². The molecule has 0 saturated heterocycles. The standard InChI is InChI=1S/C4H8FN.ClH/c5-4(3-6)1-2-4;/h1-3,6H2;1H. The highest BCUT2D eigenvalue weighted by atomic mass is 35.5. The van der Waals surface area contributed by atoms with Gasteiger partial charge >= 0.3 is 0 Å². The fourth-order valence-corrected chi connectivity index (χ4v) is 0.340. The van der Waals surface area contributed by atoms with E-state index in [1.54, 1.807) is 0 Å². The van der Waals surface area contributed by atoms with Gasteiger partial charge in [0, 0.05) is 6.54 Å². The van der Waals surface area contributed by atoms with Crippen molar-refractivity contribution in [3.8, 4) is 0 Å². The van der Waals surface area contributed by atoms with Crippen molar-refractivity contribution < 1.29 is 4.39 Å². The van der Waals surface area contributed by atoms with Crippen molar-refractivity contribution in [2.24, 2.45) is 5.73 Å². The normalized spacial score (nSPS) is 23.1. The molecule has 1 saturated carbocycles. The van der Waals surface area contributed by atoms with Gasteiger partial charge in [0.25, 0.3) is 0 Å². The number of hydrogen-bond acceptors (Lipinski definition) is 1. The first-order chi connectivity index (χ1) is 2.77. The maximum absolute atomic E-state index is 12.1. The summed E-state index contributed by atoms with van der Waals surface area (Å²) in [6.07, 6.45) is 1.37. The van der Waals surface area contributed by atoms with Gasteiger partial charge in [-0.3, -0.25) is 0 Å². The summed E-state index contributed by atoms with van der Waals surface area (Å²) in [7, 11) is 0. The summed E-state index contributed by atoms with van der Waals surface area (Å²) < 4.78 is 12.1. The fourth-order valence-electron chi connectivity index (χ4n) is 0.340. The van der Waals surface area contributed by atoms with Crippen molar-refractivity contribution in [3.63, 3.8) is 0 Å². The molecule has 1 nitrogen and oxygen atoms in total. The van der Waals surface area contributed by atoms with Crippen molar-refractivity contribution in [1.82, 2.24) is 0 Å². The zero-order valence-electron chi connectivity index (χ0n) is 3.98. The molecule has 0 aliphatic heterocycles. The van der Waals surface area contributed by atoms with Gasteiger partial charge in [-0.05, 0) is 12.8 Å². The Morgan fingerprint density at radius 3 is 2.00 bits per heavy atom. The van der Waals surface area contributed by atoms with Gasteiger partial charge in [-0.15, -0.1) is 12.4 Å². The van der Waals surface area contributed by atoms with E-state index < -0.39 is 5.67 Å². The maximum Gasteiger partial charge on any atom is 0.123 e. The van der Waals surface area contributed by atoms with Crippen LogP contribution in [-0.4, -0.2) is 12.2 Å². The lowest BCUT2D eigenvalue weighted by molar-refractivity contribution is 0.319. The van der Waals surface area contributed by atoms with Crippen LogP contribution < -0.4 is 5.73 Å². The monoisotopic (exact) mass is 125 g/mol. The lowest BCUT2D eigenvalue weighted by Gasteiger charge is -1.92. The first-order valence-corrected chi connectivity index (χ1v) is 2.16. The van der Waals surface area contributed by atoms with Crippen LogP contribution >= 0.6 is 12.4 Å². The SMILES string of the molecule is Cl.NCC1(F)CC1. The molecule has 0 radical (unpaired) electrons. The van der Waals surface area contributed by atoms with Crippen LogP contribution in [0.5, 0.6) is 0 Å². The minimum absolute atomic E-state index is 0. The minimum atomic E-state index is -0.931. The molecule has 44 valence electrons. The number of rotatable bonds is 1. The molecule has 0 aromatic rings. The molecule has 2 N–H and O–H groups in total. The zero-order chi connectivity index (χ0) is 4.62. The van der Waals surface area contributed by atoms with E-state index >= 15 is 0 Å². The highest BCUT2D eigenvalue weighted by molar-refractivity contribution is 5.85. The Balaban J connectivity index is 0.000000360. The van der Waals surface area contributed by atoms with E-state index in [1.165, 1.54) is 0 Å². The van der Waals surface area contributed by atoms with E-state index in [0.717, 1.165) is 0 Å². The number of nitrogens with two attached hydrogens (primary N) is 1. The number of alkyl halides is 1. The van der Waals surface area contributed by atoms with Crippen LogP contribution in [0.15, 0.2) is 0 Å². The Morgan fingerprint density at radius 1 is 1.57 bits per heavy atom. The van der Waals surface area contributed by atoms with Crippen molar-refractivity contribution in [3.05, 3.63) is 0 Å². The lowest BCUT2D eigenvalue weighted by atomic mass is 10.4. The van der Waals surface area contributed by atoms with Gasteiger partial charge in [-0.1, -0.05) is 0 Å². The third kappa shape index (κ3) is 1.61. The second-order valence-electron chi connectivity index (χ2n) is 1.86. The average molecular weight is 126 g/mol. The van der Waals surface area contributed by atoms with Crippen LogP contribution in [0.25, 0.3) is 0 Å². The summed E-state index contributed by atoms with van der Waals surface area (Å²) in [6, 6.07) is 0. The highest BCUT2D eigenvalue weighted by Gasteiger charge is 2.41. The van der Waals surface area contributed by atoms with Crippen molar-refractivity contribution in [2.75, 3.05) is 6.54 Å². The molecular formula is C4H9ClFN. The molecular weight excluding hydrogens is 117 g/mol. The molecule has 1 rings (SSSR count). The Kier molecular flexibility index (Phi) is 2.02. The summed E-state index contributed by atoms with van der Waals surface area (Å²) >= 11 is 0. The molecule has 0 heterocycles. The van der Waals surface area contributed by atoms with Crippen LogP contribution in [0.1, 0.15) is 12.8 Å². The van der Waals surface area contributed by atoms with Crippen molar-refractivity contribution in [2.45, 2.75) is 18.5 Å². The summed E-state index contributed by atoms with van der Waals surface area (Å²) in [5.41, 5.74) is 4.06. The second kappa shape index (κ2) is 1.97. The van der Waals surface area contributed by atoms with E-state index in [0.29, 0.717) is 12.8 Å². The predicted molar refractivity (Wildman–Crippen MR) is 29.4 cm³/mol. The molecule has 0 bridgehead atoms. The fraction of sp³-hybridized carbons (Fsp3) is 1.00. The molecule has 1 aliphatic carbocycles. The van der Waals surface area contributed by atoms with Gasteiger partial charge in [0.05, 0.1) is 0 Å². The second-order valence-corrected chi connectivity index (χ2v) is 1.86. The Bertz CT molecular complexity index is 62.7. The third-order valence-electron chi connectivity index (χ3n) is 1.16. The molecule has 1 aliphatic rings. The summed E-state index contributed by atoms with van der Waals surface area (Å²) in [5.74, 6) is 0. The topological polar surface area (TPSA) is 26.0 Å². The Labute approximate surface area is 48.5 Å². The van der Waals surface area contributed by atoms with Gasteiger partial charge in [-0.2, -0.15) is 0 Å². The van der Waals surface area contributed by atoms with E-state index in [-0.39, 0.29) is 19.0 Å². The van der Waals surface area contributed by atoms with E-state index in [1.807, 2.05) is 0 Å². The predicted octanol–water partition coefficient (Wildman–Crippen LogP) is 0.869. The van der Waals surface area contributed by atoms with Crippen LogP contribution in [0.4, 0.5) is 4.39 Å². The van der Waals surface area contributed by atoms with Gasteiger partial charge < -0.3 is 5.73 Å². The molecule has 0 amide bonds. The van der Waals surface area contributed by atoms with Crippen LogP contribution in [0.2, 0.25) is 0 Å². The summed E-state index contributed by atoms with van der Waals surface area (Å²) in [4.78, 5) is 0. The lowest BCUT2D eigenvalue weighted by Crippen LogP contribution is -2.15. The average Bonchev–Trinajstić information content (AvgIpc) is 2.22. The van der Waals surface area contributed by atoms with Gasteiger partial charge in [0.2, 0.25) is 0 Å². The van der Waals surface area contributed by atoms with E-state index in [9.17, 15) is 4.39 Å². The third-order valence-corrected chi connectivity index (χ3v) is 1.16. The van der Waals surface area contributed by atoms with Gasteiger partial charge in [0.15, 0.2) is 0 Å². The molecule has 3 heteroatoms. The molecule has 0 atom stereocenters. The molecule has 7 heavy (non-hydrogen) atoms. The quantitative estimate of drug-likeness (QED) is 0.553.